The molecule has 0 spiro atoms. The topological polar surface area (TPSA) is 84.5 Å². The Labute approximate surface area is 141 Å². The largest absolute Gasteiger partial charge is 0.481 e. The van der Waals surface area contributed by atoms with E-state index in [2.05, 4.69) is 10.0 Å². The zero-order valence-electron chi connectivity index (χ0n) is 13.7. The van der Waals surface area contributed by atoms with Crippen LogP contribution >= 0.6 is 0 Å². The number of rotatable bonds is 6. The number of carbonyl (C=O) groups is 1. The van der Waals surface area contributed by atoms with Crippen LogP contribution in [0.1, 0.15) is 12.5 Å². The third-order valence-corrected chi connectivity index (χ3v) is 4.76. The molecule has 0 aliphatic rings. The predicted molar refractivity (Wildman–Crippen MR) is 92.6 cm³/mol. The Morgan fingerprint density at radius 1 is 1.04 bits per heavy atom. The molecule has 0 unspecified atom stereocenters. The molecule has 2 aromatic rings. The van der Waals surface area contributed by atoms with E-state index in [4.69, 9.17) is 4.74 Å². The maximum Gasteiger partial charge on any atom is 0.261 e. The number of hydrogen-bond acceptors (Lipinski definition) is 4. The Morgan fingerprint density at radius 3 is 2.17 bits per heavy atom. The minimum atomic E-state index is -3.68. The lowest BCUT2D eigenvalue weighted by Gasteiger charge is -2.13. The molecule has 0 heterocycles. The van der Waals surface area contributed by atoms with Gasteiger partial charge in [-0.1, -0.05) is 17.7 Å². The molecule has 1 amide bonds. The van der Waals surface area contributed by atoms with Gasteiger partial charge in [0.1, 0.15) is 5.75 Å². The van der Waals surface area contributed by atoms with Crippen molar-refractivity contribution < 1.29 is 17.9 Å². The van der Waals surface area contributed by atoms with Crippen LogP contribution in [0.5, 0.6) is 5.75 Å². The summed E-state index contributed by atoms with van der Waals surface area (Å²) >= 11 is 0. The first kappa shape index (κ1) is 17.8. The van der Waals surface area contributed by atoms with Gasteiger partial charge in [-0.25, -0.2) is 8.42 Å². The summed E-state index contributed by atoms with van der Waals surface area (Å²) in [5.41, 5.74) is 1.54. The molecule has 0 saturated heterocycles. The summed E-state index contributed by atoms with van der Waals surface area (Å²) in [6, 6.07) is 13.0. The Bertz CT molecular complexity index is 799. The molecule has 7 heteroatoms. The van der Waals surface area contributed by atoms with Gasteiger partial charge in [0, 0.05) is 12.7 Å². The van der Waals surface area contributed by atoms with Crippen molar-refractivity contribution in [3.63, 3.8) is 0 Å². The molecule has 128 valence electrons. The van der Waals surface area contributed by atoms with E-state index in [-0.39, 0.29) is 10.8 Å². The Kier molecular flexibility index (Phi) is 5.46. The van der Waals surface area contributed by atoms with E-state index in [9.17, 15) is 13.2 Å². The number of carbonyl (C=O) groups excluding carboxylic acids is 1. The van der Waals surface area contributed by atoms with E-state index in [0.29, 0.717) is 11.4 Å². The fourth-order valence-corrected chi connectivity index (χ4v) is 3.05. The van der Waals surface area contributed by atoms with Gasteiger partial charge in [0.25, 0.3) is 15.9 Å². The molecule has 0 radical (unpaired) electrons. The maximum absolute atomic E-state index is 12.4. The van der Waals surface area contributed by atoms with Gasteiger partial charge in [-0.15, -0.1) is 0 Å². The molecule has 0 aliphatic heterocycles. The van der Waals surface area contributed by atoms with Crippen LogP contribution in [0.2, 0.25) is 0 Å². The Hall–Kier alpha value is -2.54. The molecular weight excluding hydrogens is 328 g/mol. The van der Waals surface area contributed by atoms with Gasteiger partial charge in [-0.3, -0.25) is 9.52 Å². The van der Waals surface area contributed by atoms with Crippen molar-refractivity contribution in [3.8, 4) is 5.75 Å². The first-order valence-electron chi connectivity index (χ1n) is 7.39. The van der Waals surface area contributed by atoms with Crippen LogP contribution < -0.4 is 14.8 Å². The smallest absolute Gasteiger partial charge is 0.261 e. The molecule has 0 fully saturated rings. The van der Waals surface area contributed by atoms with E-state index >= 15 is 0 Å². The summed E-state index contributed by atoms with van der Waals surface area (Å²) in [6.45, 7) is 3.54. The molecule has 0 bridgehead atoms. The van der Waals surface area contributed by atoms with Gasteiger partial charge < -0.3 is 10.1 Å². The van der Waals surface area contributed by atoms with Gasteiger partial charge >= 0.3 is 0 Å². The quantitative estimate of drug-likeness (QED) is 0.839. The second kappa shape index (κ2) is 7.35. The molecule has 2 rings (SSSR count). The highest BCUT2D eigenvalue weighted by molar-refractivity contribution is 7.92. The van der Waals surface area contributed by atoms with Crippen LogP contribution in [-0.4, -0.2) is 27.5 Å². The number of anilines is 1. The van der Waals surface area contributed by atoms with E-state index in [1.807, 2.05) is 19.1 Å². The highest BCUT2D eigenvalue weighted by Crippen LogP contribution is 2.20. The van der Waals surface area contributed by atoms with Gasteiger partial charge in [0.2, 0.25) is 0 Å². The third-order valence-electron chi connectivity index (χ3n) is 3.37. The number of hydrogen-bond donors (Lipinski definition) is 2. The van der Waals surface area contributed by atoms with Gasteiger partial charge in [0.05, 0.1) is 4.90 Å². The van der Waals surface area contributed by atoms with Crippen LogP contribution in [0.4, 0.5) is 5.69 Å². The van der Waals surface area contributed by atoms with E-state index < -0.39 is 16.1 Å². The summed E-state index contributed by atoms with van der Waals surface area (Å²) < 4.78 is 32.7. The zero-order valence-corrected chi connectivity index (χ0v) is 14.6. The fraction of sp³-hybridized carbons (Fsp3) is 0.235. The van der Waals surface area contributed by atoms with Crippen molar-refractivity contribution in [2.75, 3.05) is 11.8 Å². The number of aryl methyl sites for hydroxylation is 1. The summed E-state index contributed by atoms with van der Waals surface area (Å²) in [7, 11) is -2.15. The monoisotopic (exact) mass is 348 g/mol. The zero-order chi connectivity index (χ0) is 17.7. The molecule has 0 saturated carbocycles. The van der Waals surface area contributed by atoms with Crippen LogP contribution in [-0.2, 0) is 14.8 Å². The molecule has 2 N–H and O–H groups in total. The maximum atomic E-state index is 12.4. The van der Waals surface area contributed by atoms with Gasteiger partial charge in [0.15, 0.2) is 6.10 Å². The lowest BCUT2D eigenvalue weighted by atomic mass is 10.2. The Morgan fingerprint density at radius 2 is 1.62 bits per heavy atom. The predicted octanol–water partition coefficient (Wildman–Crippen LogP) is 2.31. The van der Waals surface area contributed by atoms with Crippen LogP contribution in [0, 0.1) is 6.92 Å². The summed E-state index contributed by atoms with van der Waals surface area (Å²) in [6.07, 6.45) is -0.664. The fourth-order valence-electron chi connectivity index (χ4n) is 1.99. The van der Waals surface area contributed by atoms with Crippen molar-refractivity contribution in [2.45, 2.75) is 24.8 Å². The average molecular weight is 348 g/mol. The normalized spacial score (nSPS) is 12.3. The minimum Gasteiger partial charge on any atom is -0.481 e. The van der Waals surface area contributed by atoms with Crippen molar-refractivity contribution >= 4 is 21.6 Å². The number of sulfonamides is 1. The Balaban J connectivity index is 2.11. The molecule has 6 nitrogen and oxygen atoms in total. The van der Waals surface area contributed by atoms with E-state index in [1.165, 1.54) is 31.3 Å². The van der Waals surface area contributed by atoms with Crippen LogP contribution in [0.15, 0.2) is 53.4 Å². The molecule has 0 aromatic heterocycles. The first-order valence-corrected chi connectivity index (χ1v) is 8.88. The minimum absolute atomic E-state index is 0.114. The van der Waals surface area contributed by atoms with Gasteiger partial charge in [-0.05, 0) is 50.2 Å². The molecule has 2 aromatic carbocycles. The second-order valence-electron chi connectivity index (χ2n) is 5.32. The summed E-state index contributed by atoms with van der Waals surface area (Å²) in [5.74, 6) is 0.160. The number of benzene rings is 2. The van der Waals surface area contributed by atoms with E-state index in [0.717, 1.165) is 5.56 Å². The molecule has 0 aliphatic carbocycles. The third kappa shape index (κ3) is 4.48. The number of likely N-dealkylation sites (N-methyl/N-ethyl adjacent to an activating group) is 1. The standard InChI is InChI=1S/C17H20N2O4S/c1-12-4-6-14(7-5-12)19-24(21,22)16-10-8-15(9-11-16)23-13(2)17(20)18-3/h4-11,13,19H,1-3H3,(H,18,20)/t13-/m0/s1. The highest BCUT2D eigenvalue weighted by atomic mass is 32.2. The van der Waals surface area contributed by atoms with Crippen LogP contribution in [0.3, 0.4) is 0 Å². The summed E-state index contributed by atoms with van der Waals surface area (Å²) in [4.78, 5) is 11.5. The van der Waals surface area contributed by atoms with Gasteiger partial charge in [-0.2, -0.15) is 0 Å². The summed E-state index contributed by atoms with van der Waals surface area (Å²) in [5, 5.41) is 2.48. The van der Waals surface area contributed by atoms with Crippen molar-refractivity contribution in [3.05, 3.63) is 54.1 Å². The number of ether oxygens (including phenoxy) is 1. The highest BCUT2D eigenvalue weighted by Gasteiger charge is 2.16. The molecule has 1 atom stereocenters. The lowest BCUT2D eigenvalue weighted by molar-refractivity contribution is -0.126. The van der Waals surface area contributed by atoms with Crippen molar-refractivity contribution in [1.82, 2.24) is 5.32 Å². The average Bonchev–Trinajstić information content (AvgIpc) is 2.56. The molecular formula is C17H20N2O4S. The number of amides is 1. The second-order valence-corrected chi connectivity index (χ2v) is 7.00. The van der Waals surface area contributed by atoms with Crippen molar-refractivity contribution in [1.29, 1.82) is 0 Å². The lowest BCUT2D eigenvalue weighted by Crippen LogP contribution is -2.33. The first-order chi connectivity index (χ1) is 11.3. The number of nitrogens with one attached hydrogen (secondary N) is 2. The SMILES string of the molecule is CNC(=O)[C@H](C)Oc1ccc(S(=O)(=O)Nc2ccc(C)cc2)cc1. The molecule has 24 heavy (non-hydrogen) atoms. The van der Waals surface area contributed by atoms with E-state index in [1.54, 1.807) is 19.1 Å². The van der Waals surface area contributed by atoms with Crippen molar-refractivity contribution in [2.24, 2.45) is 0 Å². The van der Waals surface area contributed by atoms with Crippen LogP contribution in [0.25, 0.3) is 0 Å².